The Morgan fingerprint density at radius 2 is 2.08 bits per heavy atom. The van der Waals surface area contributed by atoms with Crippen LogP contribution in [0.25, 0.3) is 0 Å². The van der Waals surface area contributed by atoms with Gasteiger partial charge in [0.2, 0.25) is 0 Å². The van der Waals surface area contributed by atoms with Gasteiger partial charge in [-0.3, -0.25) is 0 Å². The first-order valence-corrected chi connectivity index (χ1v) is 5.11. The van der Waals surface area contributed by atoms with Crippen molar-refractivity contribution >= 4 is 0 Å². The number of nitrogens with one attached hydrogen (secondary N) is 1. The largest absolute Gasteiger partial charge is 0.319 e. The zero-order valence-corrected chi connectivity index (χ0v) is 8.82. The second kappa shape index (κ2) is 8.79. The Morgan fingerprint density at radius 1 is 1.33 bits per heavy atom. The van der Waals surface area contributed by atoms with Crippen LogP contribution in [0.5, 0.6) is 0 Å². The van der Waals surface area contributed by atoms with Gasteiger partial charge in [-0.15, -0.1) is 0 Å². The van der Waals surface area contributed by atoms with Crippen LogP contribution < -0.4 is 5.32 Å². The lowest BCUT2D eigenvalue weighted by Gasteiger charge is -2.00. The van der Waals surface area contributed by atoms with Gasteiger partial charge < -0.3 is 5.32 Å². The number of hydrogen-bond donors (Lipinski definition) is 1. The van der Waals surface area contributed by atoms with E-state index in [9.17, 15) is 0 Å². The first-order chi connectivity index (χ1) is 5.81. The Bertz CT molecular complexity index is 116. The first-order valence-electron chi connectivity index (χ1n) is 5.11. The lowest BCUT2D eigenvalue weighted by atomic mass is 10.1. The van der Waals surface area contributed by atoms with Crippen LogP contribution in [0.15, 0.2) is 11.6 Å². The van der Waals surface area contributed by atoms with Crippen LogP contribution in [0.3, 0.4) is 0 Å². The summed E-state index contributed by atoms with van der Waals surface area (Å²) in [6, 6.07) is 0. The van der Waals surface area contributed by atoms with Crippen LogP contribution in [0.2, 0.25) is 0 Å². The fourth-order valence-corrected chi connectivity index (χ4v) is 1.22. The summed E-state index contributed by atoms with van der Waals surface area (Å²) in [5, 5.41) is 3.15. The Kier molecular flexibility index (Phi) is 8.57. The fourth-order valence-electron chi connectivity index (χ4n) is 1.22. The molecule has 0 aliphatic rings. The average molecular weight is 169 g/mol. The molecule has 0 aromatic carbocycles. The van der Waals surface area contributed by atoms with E-state index in [2.05, 4.69) is 25.2 Å². The molecule has 1 N–H and O–H groups in total. The highest BCUT2D eigenvalue weighted by atomic mass is 14.8. The Labute approximate surface area is 77.2 Å². The van der Waals surface area contributed by atoms with Gasteiger partial charge in [-0.2, -0.15) is 0 Å². The summed E-state index contributed by atoms with van der Waals surface area (Å²) in [6.07, 6.45) is 8.87. The lowest BCUT2D eigenvalue weighted by Crippen LogP contribution is -2.06. The molecule has 0 aromatic rings. The third-order valence-electron chi connectivity index (χ3n) is 2.06. The summed E-state index contributed by atoms with van der Waals surface area (Å²) in [5.74, 6) is 0. The van der Waals surface area contributed by atoms with E-state index < -0.39 is 0 Å². The Balaban J connectivity index is 3.29. The van der Waals surface area contributed by atoms with Crippen molar-refractivity contribution in [1.29, 1.82) is 0 Å². The maximum Gasteiger partial charge on any atom is -0.00172 e. The first kappa shape index (κ1) is 11.7. The molecule has 72 valence electrons. The molecule has 0 spiro atoms. The van der Waals surface area contributed by atoms with E-state index in [-0.39, 0.29) is 0 Å². The van der Waals surface area contributed by atoms with E-state index in [0.29, 0.717) is 0 Å². The molecule has 0 saturated carbocycles. The molecule has 0 unspecified atom stereocenters. The Morgan fingerprint density at radius 3 is 2.67 bits per heavy atom. The zero-order valence-electron chi connectivity index (χ0n) is 8.82. The van der Waals surface area contributed by atoms with E-state index in [1.165, 1.54) is 32.1 Å². The van der Waals surface area contributed by atoms with Crippen LogP contribution in [0.4, 0.5) is 0 Å². The third-order valence-corrected chi connectivity index (χ3v) is 2.06. The fraction of sp³-hybridized carbons (Fsp3) is 0.818. The topological polar surface area (TPSA) is 12.0 Å². The van der Waals surface area contributed by atoms with Crippen LogP contribution in [-0.2, 0) is 0 Å². The minimum Gasteiger partial charge on any atom is -0.319 e. The maximum atomic E-state index is 3.15. The lowest BCUT2D eigenvalue weighted by molar-refractivity contribution is 0.709. The van der Waals surface area contributed by atoms with Crippen molar-refractivity contribution in [2.75, 3.05) is 13.6 Å². The third kappa shape index (κ3) is 7.80. The van der Waals surface area contributed by atoms with Crippen molar-refractivity contribution < 1.29 is 0 Å². The highest BCUT2D eigenvalue weighted by molar-refractivity contribution is 4.97. The Hall–Kier alpha value is -0.300. The quantitative estimate of drug-likeness (QED) is 0.456. The molecule has 12 heavy (non-hydrogen) atoms. The van der Waals surface area contributed by atoms with Gasteiger partial charge in [0, 0.05) is 0 Å². The van der Waals surface area contributed by atoms with Gasteiger partial charge >= 0.3 is 0 Å². The molecular formula is C11H23N. The molecule has 0 aliphatic heterocycles. The van der Waals surface area contributed by atoms with Gasteiger partial charge in [0.1, 0.15) is 0 Å². The molecule has 0 saturated heterocycles. The molecular weight excluding hydrogens is 146 g/mol. The molecule has 0 rings (SSSR count). The van der Waals surface area contributed by atoms with Crippen LogP contribution in [0, 0.1) is 0 Å². The monoisotopic (exact) mass is 169 g/mol. The summed E-state index contributed by atoms with van der Waals surface area (Å²) in [4.78, 5) is 0. The van der Waals surface area contributed by atoms with Crippen molar-refractivity contribution in [3.05, 3.63) is 11.6 Å². The molecule has 0 bridgehead atoms. The van der Waals surface area contributed by atoms with E-state index in [4.69, 9.17) is 0 Å². The molecule has 0 heterocycles. The zero-order chi connectivity index (χ0) is 9.23. The van der Waals surface area contributed by atoms with Gasteiger partial charge in [0.25, 0.3) is 0 Å². The van der Waals surface area contributed by atoms with Crippen molar-refractivity contribution in [3.63, 3.8) is 0 Å². The van der Waals surface area contributed by atoms with E-state index in [1.807, 2.05) is 7.05 Å². The molecule has 0 aliphatic carbocycles. The van der Waals surface area contributed by atoms with E-state index in [0.717, 1.165) is 6.54 Å². The number of unbranched alkanes of at least 4 members (excludes halogenated alkanes) is 2. The van der Waals surface area contributed by atoms with Crippen molar-refractivity contribution in [1.82, 2.24) is 5.32 Å². The smallest absolute Gasteiger partial charge is 0.00172 e. The number of allylic oxidation sites excluding steroid dienone is 1. The summed E-state index contributed by atoms with van der Waals surface area (Å²) in [7, 11) is 2.00. The summed E-state index contributed by atoms with van der Waals surface area (Å²) in [5.41, 5.74) is 1.55. The van der Waals surface area contributed by atoms with Gasteiger partial charge in [-0.1, -0.05) is 31.4 Å². The molecule has 0 fully saturated rings. The molecule has 0 radical (unpaired) electrons. The van der Waals surface area contributed by atoms with Crippen molar-refractivity contribution in [3.8, 4) is 0 Å². The minimum absolute atomic E-state index is 1.10. The standard InChI is InChI=1S/C11H23N/c1-4-5-6-8-11(2)9-7-10-12-3/h9,12H,4-8,10H2,1-3H3/b11-9+. The summed E-state index contributed by atoms with van der Waals surface area (Å²) in [6.45, 7) is 5.59. The highest BCUT2D eigenvalue weighted by Crippen LogP contribution is 2.08. The average Bonchev–Trinajstić information content (AvgIpc) is 2.06. The second-order valence-corrected chi connectivity index (χ2v) is 3.40. The SMILES string of the molecule is CCCCC/C(C)=C/CCNC. The maximum absolute atomic E-state index is 3.15. The van der Waals surface area contributed by atoms with Crippen molar-refractivity contribution in [2.45, 2.75) is 46.0 Å². The molecule has 0 aromatic heterocycles. The van der Waals surface area contributed by atoms with Crippen LogP contribution in [-0.4, -0.2) is 13.6 Å². The molecule has 0 atom stereocenters. The van der Waals surface area contributed by atoms with Crippen molar-refractivity contribution in [2.24, 2.45) is 0 Å². The van der Waals surface area contributed by atoms with Gasteiger partial charge in [-0.25, -0.2) is 0 Å². The highest BCUT2D eigenvalue weighted by Gasteiger charge is 1.89. The van der Waals surface area contributed by atoms with Gasteiger partial charge in [-0.05, 0) is 39.8 Å². The number of hydrogen-bond acceptors (Lipinski definition) is 1. The van der Waals surface area contributed by atoms with Gasteiger partial charge in [0.15, 0.2) is 0 Å². The molecule has 0 amide bonds. The summed E-state index contributed by atoms with van der Waals surface area (Å²) < 4.78 is 0. The van der Waals surface area contributed by atoms with Crippen LogP contribution >= 0.6 is 0 Å². The molecule has 1 nitrogen and oxygen atoms in total. The van der Waals surface area contributed by atoms with E-state index >= 15 is 0 Å². The van der Waals surface area contributed by atoms with E-state index in [1.54, 1.807) is 5.57 Å². The predicted octanol–water partition coefficient (Wildman–Crippen LogP) is 3.12. The molecule has 1 heteroatoms. The predicted molar refractivity (Wildman–Crippen MR) is 56.4 cm³/mol. The van der Waals surface area contributed by atoms with Crippen LogP contribution in [0.1, 0.15) is 46.0 Å². The summed E-state index contributed by atoms with van der Waals surface area (Å²) >= 11 is 0. The van der Waals surface area contributed by atoms with Gasteiger partial charge in [0.05, 0.1) is 0 Å². The number of rotatable bonds is 7. The second-order valence-electron chi connectivity index (χ2n) is 3.40. The minimum atomic E-state index is 1.10. The normalized spacial score (nSPS) is 12.1.